The second-order valence-corrected chi connectivity index (χ2v) is 4.48. The minimum Gasteiger partial charge on any atom is -0.493 e. The molecule has 0 spiro atoms. The summed E-state index contributed by atoms with van der Waals surface area (Å²) in [5.74, 6) is -1.57. The zero-order chi connectivity index (χ0) is 16.7. The fourth-order valence-electron chi connectivity index (χ4n) is 1.72. The van der Waals surface area contributed by atoms with Gasteiger partial charge in [-0.2, -0.15) is 0 Å². The van der Waals surface area contributed by atoms with Crippen molar-refractivity contribution in [3.63, 3.8) is 0 Å². The predicted molar refractivity (Wildman–Crippen MR) is 79.4 cm³/mol. The van der Waals surface area contributed by atoms with E-state index in [0.717, 1.165) is 6.26 Å². The molecule has 23 heavy (non-hydrogen) atoms. The number of esters is 1. The summed E-state index contributed by atoms with van der Waals surface area (Å²) in [7, 11) is 1.53. The number of ether oxygens (including phenoxy) is 3. The van der Waals surface area contributed by atoms with Crippen molar-refractivity contribution in [3.8, 4) is 0 Å². The molecule has 1 aromatic rings. The van der Waals surface area contributed by atoms with Crippen LogP contribution in [0.4, 0.5) is 5.69 Å². The van der Waals surface area contributed by atoms with Crippen LogP contribution in [-0.4, -0.2) is 44.7 Å². The number of rotatable bonds is 5. The van der Waals surface area contributed by atoms with Gasteiger partial charge in [0.15, 0.2) is 6.61 Å². The van der Waals surface area contributed by atoms with Crippen LogP contribution in [0.5, 0.6) is 0 Å². The molecule has 0 saturated carbocycles. The van der Waals surface area contributed by atoms with Gasteiger partial charge >= 0.3 is 5.97 Å². The normalized spacial score (nSPS) is 13.0. The van der Waals surface area contributed by atoms with E-state index >= 15 is 0 Å². The van der Waals surface area contributed by atoms with Crippen molar-refractivity contribution in [2.75, 3.05) is 32.2 Å². The van der Waals surface area contributed by atoms with Gasteiger partial charge in [0, 0.05) is 18.3 Å². The first-order valence-corrected chi connectivity index (χ1v) is 6.84. The number of hydrogen-bond acceptors (Lipinski definition) is 6. The summed E-state index contributed by atoms with van der Waals surface area (Å²) < 4.78 is 14.8. The van der Waals surface area contributed by atoms with Gasteiger partial charge in [-0.05, 0) is 24.3 Å². The Morgan fingerprint density at radius 3 is 2.52 bits per heavy atom. The van der Waals surface area contributed by atoms with E-state index in [1.165, 1.54) is 7.05 Å². The van der Waals surface area contributed by atoms with Gasteiger partial charge in [0.05, 0.1) is 0 Å². The molecule has 0 aromatic heterocycles. The minimum absolute atomic E-state index is 0.0704. The van der Waals surface area contributed by atoms with Crippen molar-refractivity contribution in [3.05, 3.63) is 41.9 Å². The highest BCUT2D eigenvalue weighted by Crippen LogP contribution is 2.10. The maximum Gasteiger partial charge on any atom is 0.377 e. The van der Waals surface area contributed by atoms with Crippen LogP contribution in [0.3, 0.4) is 0 Å². The maximum atomic E-state index is 11.7. The number of carbonyl (C=O) groups is 3. The molecule has 0 unspecified atom stereocenters. The lowest BCUT2D eigenvalue weighted by Gasteiger charge is -2.14. The van der Waals surface area contributed by atoms with E-state index in [-0.39, 0.29) is 18.3 Å². The second kappa shape index (κ2) is 7.83. The standard InChI is InChI=1S/C15H16N2O6/c1-16-14(19)10-2-4-11(5-3-10)17-13(18)9-23-15(20)12-8-21-6-7-22-12/h2-5,8H,6-7,9H2,1H3,(H,16,19)(H,17,18). The topological polar surface area (TPSA) is 103 Å². The molecule has 8 heteroatoms. The highest BCUT2D eigenvalue weighted by molar-refractivity contribution is 5.96. The SMILES string of the molecule is CNC(=O)c1ccc(NC(=O)COC(=O)C2=COCCO2)cc1. The molecule has 0 fully saturated rings. The van der Waals surface area contributed by atoms with E-state index in [0.29, 0.717) is 17.9 Å². The molecule has 1 aromatic carbocycles. The Morgan fingerprint density at radius 2 is 1.91 bits per heavy atom. The molecule has 1 heterocycles. The van der Waals surface area contributed by atoms with Crippen molar-refractivity contribution in [1.82, 2.24) is 5.32 Å². The molecule has 1 aliphatic heterocycles. The molecule has 0 saturated heterocycles. The van der Waals surface area contributed by atoms with Gasteiger partial charge in [0.2, 0.25) is 5.76 Å². The Bertz CT molecular complexity index is 623. The molecule has 2 rings (SSSR count). The van der Waals surface area contributed by atoms with Crippen molar-refractivity contribution in [2.45, 2.75) is 0 Å². The molecule has 2 N–H and O–H groups in total. The molecular weight excluding hydrogens is 304 g/mol. The number of nitrogens with one attached hydrogen (secondary N) is 2. The fourth-order valence-corrected chi connectivity index (χ4v) is 1.72. The molecule has 1 aliphatic rings. The predicted octanol–water partition coefficient (Wildman–Crippen LogP) is 0.416. The molecule has 0 radical (unpaired) electrons. The van der Waals surface area contributed by atoms with Crippen LogP contribution in [0.1, 0.15) is 10.4 Å². The number of hydrogen-bond donors (Lipinski definition) is 2. The smallest absolute Gasteiger partial charge is 0.377 e. The summed E-state index contributed by atoms with van der Waals surface area (Å²) in [6.07, 6.45) is 1.15. The fraction of sp³-hybridized carbons (Fsp3) is 0.267. The van der Waals surface area contributed by atoms with Crippen LogP contribution in [0.25, 0.3) is 0 Å². The van der Waals surface area contributed by atoms with Crippen molar-refractivity contribution < 1.29 is 28.6 Å². The van der Waals surface area contributed by atoms with Crippen LogP contribution >= 0.6 is 0 Å². The highest BCUT2D eigenvalue weighted by atomic mass is 16.6. The third-order valence-electron chi connectivity index (χ3n) is 2.84. The number of carbonyl (C=O) groups excluding carboxylic acids is 3. The number of anilines is 1. The average molecular weight is 320 g/mol. The third-order valence-corrected chi connectivity index (χ3v) is 2.84. The maximum absolute atomic E-state index is 11.7. The summed E-state index contributed by atoms with van der Waals surface area (Å²) in [4.78, 5) is 34.7. The summed E-state index contributed by atoms with van der Waals surface area (Å²) in [5, 5.41) is 5.04. The van der Waals surface area contributed by atoms with Crippen LogP contribution < -0.4 is 10.6 Å². The lowest BCUT2D eigenvalue weighted by Crippen LogP contribution is -2.24. The Balaban J connectivity index is 1.81. The zero-order valence-electron chi connectivity index (χ0n) is 12.5. The van der Waals surface area contributed by atoms with E-state index in [1.807, 2.05) is 0 Å². The average Bonchev–Trinajstić information content (AvgIpc) is 2.60. The van der Waals surface area contributed by atoms with Gasteiger partial charge in [0.25, 0.3) is 11.8 Å². The summed E-state index contributed by atoms with van der Waals surface area (Å²) in [6.45, 7) is 0.158. The van der Waals surface area contributed by atoms with Gasteiger partial charge in [-0.15, -0.1) is 0 Å². The first-order valence-electron chi connectivity index (χ1n) is 6.84. The monoisotopic (exact) mass is 320 g/mol. The van der Waals surface area contributed by atoms with Gasteiger partial charge in [0.1, 0.15) is 19.5 Å². The van der Waals surface area contributed by atoms with E-state index in [9.17, 15) is 14.4 Å². The Kier molecular flexibility index (Phi) is 5.56. The lowest BCUT2D eigenvalue weighted by atomic mass is 10.2. The second-order valence-electron chi connectivity index (χ2n) is 4.48. The molecule has 0 bridgehead atoms. The van der Waals surface area contributed by atoms with Crippen LogP contribution in [0.2, 0.25) is 0 Å². The van der Waals surface area contributed by atoms with Gasteiger partial charge < -0.3 is 24.8 Å². The van der Waals surface area contributed by atoms with Crippen LogP contribution in [0.15, 0.2) is 36.3 Å². The molecule has 8 nitrogen and oxygen atoms in total. The van der Waals surface area contributed by atoms with Gasteiger partial charge in [-0.3, -0.25) is 9.59 Å². The molecule has 122 valence electrons. The van der Waals surface area contributed by atoms with E-state index in [2.05, 4.69) is 10.6 Å². The first kappa shape index (κ1) is 16.3. The van der Waals surface area contributed by atoms with Crippen molar-refractivity contribution >= 4 is 23.5 Å². The largest absolute Gasteiger partial charge is 0.493 e. The van der Waals surface area contributed by atoms with Crippen molar-refractivity contribution in [1.29, 1.82) is 0 Å². The Labute approximate surface area is 132 Å². The van der Waals surface area contributed by atoms with E-state index in [1.54, 1.807) is 24.3 Å². The first-order chi connectivity index (χ1) is 11.1. The summed E-state index contributed by atoms with van der Waals surface area (Å²) in [6, 6.07) is 6.28. The molecule has 0 atom stereocenters. The minimum atomic E-state index is -0.769. The van der Waals surface area contributed by atoms with Crippen molar-refractivity contribution in [2.24, 2.45) is 0 Å². The van der Waals surface area contributed by atoms with Gasteiger partial charge in [-0.25, -0.2) is 4.79 Å². The lowest BCUT2D eigenvalue weighted by molar-refractivity contribution is -0.148. The quantitative estimate of drug-likeness (QED) is 0.762. The van der Waals surface area contributed by atoms with Gasteiger partial charge in [-0.1, -0.05) is 0 Å². The summed E-state index contributed by atoms with van der Waals surface area (Å²) >= 11 is 0. The van der Waals surface area contributed by atoms with E-state index in [4.69, 9.17) is 14.2 Å². The van der Waals surface area contributed by atoms with E-state index < -0.39 is 18.5 Å². The number of amides is 2. The molecule has 2 amide bonds. The Hall–Kier alpha value is -3.03. The van der Waals surface area contributed by atoms with Crippen LogP contribution in [-0.2, 0) is 23.8 Å². The molecule has 0 aliphatic carbocycles. The Morgan fingerprint density at radius 1 is 1.17 bits per heavy atom. The number of benzene rings is 1. The molecular formula is C15H16N2O6. The highest BCUT2D eigenvalue weighted by Gasteiger charge is 2.18. The summed E-state index contributed by atoms with van der Waals surface area (Å²) in [5.41, 5.74) is 0.952. The third kappa shape index (κ3) is 4.73. The zero-order valence-corrected chi connectivity index (χ0v) is 12.5. The van der Waals surface area contributed by atoms with Crippen LogP contribution in [0, 0.1) is 0 Å².